The Morgan fingerprint density at radius 1 is 1.10 bits per heavy atom. The number of nitrogens with one attached hydrogen (secondary N) is 1. The minimum atomic E-state index is -0.346. The lowest BCUT2D eigenvalue weighted by Crippen LogP contribution is -2.13. The quantitative estimate of drug-likeness (QED) is 0.664. The minimum Gasteiger partial charge on any atom is -0.497 e. The zero-order valence-electron chi connectivity index (χ0n) is 10.7. The maximum atomic E-state index is 12.3. The molecule has 0 heterocycles. The average molecular weight is 409 g/mol. The van der Waals surface area contributed by atoms with E-state index in [4.69, 9.17) is 39.5 Å². The topological polar surface area (TPSA) is 38.3 Å². The van der Waals surface area contributed by atoms with Gasteiger partial charge in [-0.25, -0.2) is 0 Å². The van der Waals surface area contributed by atoms with Crippen molar-refractivity contribution in [3.8, 4) is 5.75 Å². The summed E-state index contributed by atoms with van der Waals surface area (Å²) >= 11 is 21.1. The molecular weight excluding hydrogens is 400 g/mol. The Labute approximate surface area is 145 Å². The number of ether oxygens (including phenoxy) is 1. The van der Waals surface area contributed by atoms with Gasteiger partial charge in [0.1, 0.15) is 5.75 Å². The number of halogens is 4. The van der Waals surface area contributed by atoms with Crippen molar-refractivity contribution in [1.82, 2.24) is 0 Å². The molecule has 0 unspecified atom stereocenters. The van der Waals surface area contributed by atoms with Crippen LogP contribution in [0.5, 0.6) is 5.75 Å². The molecule has 0 radical (unpaired) electrons. The first kappa shape index (κ1) is 16.4. The largest absolute Gasteiger partial charge is 0.497 e. The third-order valence-electron chi connectivity index (χ3n) is 2.68. The van der Waals surface area contributed by atoms with Gasteiger partial charge < -0.3 is 10.1 Å². The van der Waals surface area contributed by atoms with Gasteiger partial charge in [-0.3, -0.25) is 4.79 Å². The van der Waals surface area contributed by atoms with E-state index in [9.17, 15) is 4.79 Å². The SMILES string of the molecule is COc1ccc(Br)c(C(=O)Nc2cc(Cl)c(Cl)cc2Cl)c1. The van der Waals surface area contributed by atoms with Crippen molar-refractivity contribution in [2.24, 2.45) is 0 Å². The van der Waals surface area contributed by atoms with Crippen LogP contribution in [0, 0.1) is 0 Å². The van der Waals surface area contributed by atoms with Gasteiger partial charge >= 0.3 is 0 Å². The molecule has 0 atom stereocenters. The second-order valence-electron chi connectivity index (χ2n) is 4.05. The molecular formula is C14H9BrCl3NO2. The molecule has 21 heavy (non-hydrogen) atoms. The summed E-state index contributed by atoms with van der Waals surface area (Å²) in [5.41, 5.74) is 0.794. The van der Waals surface area contributed by atoms with E-state index in [1.165, 1.54) is 19.2 Å². The third-order valence-corrected chi connectivity index (χ3v) is 4.40. The van der Waals surface area contributed by atoms with E-state index in [-0.39, 0.29) is 5.91 Å². The highest BCUT2D eigenvalue weighted by atomic mass is 79.9. The van der Waals surface area contributed by atoms with Gasteiger partial charge in [0.2, 0.25) is 0 Å². The number of carbonyl (C=O) groups excluding carboxylic acids is 1. The number of methoxy groups -OCH3 is 1. The Kier molecular flexibility index (Phi) is 5.38. The first-order valence-corrected chi connectivity index (χ1v) is 7.64. The predicted octanol–water partition coefficient (Wildman–Crippen LogP) is 5.67. The summed E-state index contributed by atoms with van der Waals surface area (Å²) in [6.45, 7) is 0. The molecule has 1 N–H and O–H groups in total. The second kappa shape index (κ2) is 6.88. The van der Waals surface area contributed by atoms with Crippen LogP contribution in [0.3, 0.4) is 0 Å². The molecule has 110 valence electrons. The minimum absolute atomic E-state index is 0.303. The highest BCUT2D eigenvalue weighted by molar-refractivity contribution is 9.10. The Bertz CT molecular complexity index is 707. The summed E-state index contributed by atoms with van der Waals surface area (Å²) in [4.78, 5) is 12.3. The number of benzene rings is 2. The number of amides is 1. The van der Waals surface area contributed by atoms with E-state index in [1.807, 2.05) is 0 Å². The average Bonchev–Trinajstić information content (AvgIpc) is 2.45. The maximum Gasteiger partial charge on any atom is 0.256 e. The lowest BCUT2D eigenvalue weighted by atomic mass is 10.2. The Morgan fingerprint density at radius 3 is 2.43 bits per heavy atom. The smallest absolute Gasteiger partial charge is 0.256 e. The van der Waals surface area contributed by atoms with Gasteiger partial charge in [0.05, 0.1) is 33.4 Å². The van der Waals surface area contributed by atoms with Crippen LogP contribution in [0.1, 0.15) is 10.4 Å². The van der Waals surface area contributed by atoms with Gasteiger partial charge in [0.15, 0.2) is 0 Å². The third kappa shape index (κ3) is 3.83. The predicted molar refractivity (Wildman–Crippen MR) is 90.1 cm³/mol. The van der Waals surface area contributed by atoms with Crippen LogP contribution in [-0.4, -0.2) is 13.0 Å². The lowest BCUT2D eigenvalue weighted by Gasteiger charge is -2.11. The number of anilines is 1. The number of rotatable bonds is 3. The fraction of sp³-hybridized carbons (Fsp3) is 0.0714. The van der Waals surface area contributed by atoms with Crippen molar-refractivity contribution in [2.45, 2.75) is 0 Å². The van der Waals surface area contributed by atoms with Gasteiger partial charge in [-0.2, -0.15) is 0 Å². The summed E-state index contributed by atoms with van der Waals surface area (Å²) in [5, 5.41) is 3.62. The van der Waals surface area contributed by atoms with Gasteiger partial charge in [0, 0.05) is 4.47 Å². The van der Waals surface area contributed by atoms with Crippen LogP contribution in [0.15, 0.2) is 34.8 Å². The van der Waals surface area contributed by atoms with E-state index in [1.54, 1.807) is 18.2 Å². The molecule has 0 aliphatic carbocycles. The Balaban J connectivity index is 2.32. The summed E-state index contributed by atoms with van der Waals surface area (Å²) in [5.74, 6) is 0.227. The molecule has 3 nitrogen and oxygen atoms in total. The van der Waals surface area contributed by atoms with Crippen molar-refractivity contribution >= 4 is 62.3 Å². The molecule has 0 saturated carbocycles. The van der Waals surface area contributed by atoms with E-state index in [2.05, 4.69) is 21.2 Å². The highest BCUT2D eigenvalue weighted by Crippen LogP contribution is 2.33. The standard InChI is InChI=1S/C14H9BrCl3NO2/c1-21-7-2-3-9(15)8(4-7)14(20)19-13-6-11(17)10(16)5-12(13)18/h2-6H,1H3,(H,19,20). The molecule has 2 aromatic rings. The van der Waals surface area contributed by atoms with Crippen LogP contribution in [0.2, 0.25) is 15.1 Å². The Hall–Kier alpha value is -0.940. The van der Waals surface area contributed by atoms with E-state index >= 15 is 0 Å². The van der Waals surface area contributed by atoms with Crippen molar-refractivity contribution in [3.63, 3.8) is 0 Å². The highest BCUT2D eigenvalue weighted by Gasteiger charge is 2.14. The lowest BCUT2D eigenvalue weighted by molar-refractivity contribution is 0.102. The van der Waals surface area contributed by atoms with Gasteiger partial charge in [0.25, 0.3) is 5.91 Å². The van der Waals surface area contributed by atoms with Gasteiger partial charge in [-0.05, 0) is 46.3 Å². The first-order valence-electron chi connectivity index (χ1n) is 5.72. The van der Waals surface area contributed by atoms with Crippen molar-refractivity contribution in [1.29, 1.82) is 0 Å². The fourth-order valence-corrected chi connectivity index (χ4v) is 2.63. The van der Waals surface area contributed by atoms with Crippen molar-refractivity contribution in [3.05, 3.63) is 55.4 Å². The molecule has 0 aliphatic rings. The molecule has 0 spiro atoms. The van der Waals surface area contributed by atoms with E-state index < -0.39 is 0 Å². The normalized spacial score (nSPS) is 10.3. The molecule has 2 rings (SSSR count). The van der Waals surface area contributed by atoms with Crippen molar-refractivity contribution < 1.29 is 9.53 Å². The van der Waals surface area contributed by atoms with E-state index in [0.29, 0.717) is 36.5 Å². The number of carbonyl (C=O) groups is 1. The molecule has 0 fully saturated rings. The van der Waals surface area contributed by atoms with Crippen LogP contribution < -0.4 is 10.1 Å². The molecule has 2 aromatic carbocycles. The summed E-state index contributed by atoms with van der Waals surface area (Å²) in [6.07, 6.45) is 0. The summed E-state index contributed by atoms with van der Waals surface area (Å²) in [7, 11) is 1.53. The zero-order chi connectivity index (χ0) is 15.6. The molecule has 0 saturated heterocycles. The molecule has 7 heteroatoms. The molecule has 1 amide bonds. The molecule has 0 bridgehead atoms. The maximum absolute atomic E-state index is 12.3. The molecule has 0 aliphatic heterocycles. The number of hydrogen-bond donors (Lipinski definition) is 1. The monoisotopic (exact) mass is 407 g/mol. The summed E-state index contributed by atoms with van der Waals surface area (Å²) in [6, 6.07) is 8.06. The van der Waals surface area contributed by atoms with E-state index in [0.717, 1.165) is 0 Å². The van der Waals surface area contributed by atoms with Crippen molar-refractivity contribution in [2.75, 3.05) is 12.4 Å². The zero-order valence-corrected chi connectivity index (χ0v) is 14.6. The Morgan fingerprint density at radius 2 is 1.76 bits per heavy atom. The molecule has 0 aromatic heterocycles. The fourth-order valence-electron chi connectivity index (χ4n) is 1.61. The van der Waals surface area contributed by atoms with Crippen LogP contribution in [0.4, 0.5) is 5.69 Å². The van der Waals surface area contributed by atoms with Crippen LogP contribution in [0.25, 0.3) is 0 Å². The number of hydrogen-bond acceptors (Lipinski definition) is 2. The first-order chi connectivity index (χ1) is 9.92. The van der Waals surface area contributed by atoms with Crippen LogP contribution >= 0.6 is 50.7 Å². The van der Waals surface area contributed by atoms with Gasteiger partial charge in [-0.15, -0.1) is 0 Å². The van der Waals surface area contributed by atoms with Gasteiger partial charge in [-0.1, -0.05) is 34.8 Å². The van der Waals surface area contributed by atoms with Crippen LogP contribution in [-0.2, 0) is 0 Å². The summed E-state index contributed by atoms with van der Waals surface area (Å²) < 4.78 is 5.74. The second-order valence-corrected chi connectivity index (χ2v) is 6.12.